The summed E-state index contributed by atoms with van der Waals surface area (Å²) in [6.45, 7) is 0. The lowest BCUT2D eigenvalue weighted by molar-refractivity contribution is -0.117. The third-order valence-electron chi connectivity index (χ3n) is 4.56. The van der Waals surface area contributed by atoms with Gasteiger partial charge >= 0.3 is 5.97 Å². The number of amides is 1. The number of rotatable bonds is 9. The van der Waals surface area contributed by atoms with Gasteiger partial charge in [0, 0.05) is 18.1 Å². The van der Waals surface area contributed by atoms with Crippen molar-refractivity contribution in [1.82, 2.24) is 10.2 Å². The first-order chi connectivity index (χ1) is 15.9. The highest BCUT2D eigenvalue weighted by atomic mass is 32.2. The highest BCUT2D eigenvalue weighted by Gasteiger charge is 2.30. The molecule has 1 aliphatic carbocycles. The zero-order chi connectivity index (χ0) is 23.4. The summed E-state index contributed by atoms with van der Waals surface area (Å²) in [7, 11) is 2.92. The lowest BCUT2D eigenvalue weighted by Crippen LogP contribution is -2.15. The number of ether oxygens (including phenoxy) is 3. The molecule has 12 heteroatoms. The predicted molar refractivity (Wildman–Crippen MR) is 120 cm³/mol. The van der Waals surface area contributed by atoms with Crippen LogP contribution in [-0.2, 0) is 10.5 Å². The van der Waals surface area contributed by atoms with Crippen molar-refractivity contribution in [2.24, 2.45) is 5.92 Å². The number of nitrogens with zero attached hydrogens (tertiary/aromatic N) is 2. The summed E-state index contributed by atoms with van der Waals surface area (Å²) >= 11 is 2.55. The summed E-state index contributed by atoms with van der Waals surface area (Å²) in [5.74, 6) is 0.547. The van der Waals surface area contributed by atoms with Gasteiger partial charge in [-0.3, -0.25) is 9.59 Å². The average Bonchev–Trinajstić information content (AvgIpc) is 3.59. The molecule has 1 aliphatic rings. The fourth-order valence-electron chi connectivity index (χ4n) is 2.68. The maximum Gasteiger partial charge on any atom is 0.344 e. The molecule has 0 spiro atoms. The molecule has 1 N–H and O–H groups in total. The van der Waals surface area contributed by atoms with Crippen molar-refractivity contribution in [3.05, 3.63) is 52.1 Å². The maximum atomic E-state index is 12.5. The highest BCUT2D eigenvalue weighted by Crippen LogP contribution is 2.32. The van der Waals surface area contributed by atoms with Gasteiger partial charge < -0.3 is 23.9 Å². The summed E-state index contributed by atoms with van der Waals surface area (Å²) < 4.78 is 21.5. The Kier molecular flexibility index (Phi) is 6.94. The van der Waals surface area contributed by atoms with Crippen LogP contribution >= 0.6 is 23.1 Å². The molecule has 33 heavy (non-hydrogen) atoms. The summed E-state index contributed by atoms with van der Waals surface area (Å²) in [4.78, 5) is 36.6. The van der Waals surface area contributed by atoms with Gasteiger partial charge in [-0.15, -0.1) is 10.2 Å². The van der Waals surface area contributed by atoms with Gasteiger partial charge in [0.15, 0.2) is 4.34 Å². The molecule has 0 unspecified atom stereocenters. The second-order valence-electron chi connectivity index (χ2n) is 6.99. The molecule has 0 saturated heterocycles. The molecule has 4 rings (SSSR count). The first-order valence-corrected chi connectivity index (χ1v) is 11.6. The molecular weight excluding hydrogens is 470 g/mol. The third-order valence-corrected chi connectivity index (χ3v) is 6.56. The van der Waals surface area contributed by atoms with E-state index >= 15 is 0 Å². The van der Waals surface area contributed by atoms with Gasteiger partial charge in [0.25, 0.3) is 0 Å². The van der Waals surface area contributed by atoms with Gasteiger partial charge in [-0.1, -0.05) is 23.1 Å². The lowest BCUT2D eigenvalue weighted by atomic mass is 10.2. The SMILES string of the molecule is COc1cc(OC)cc(C(=O)Oc2coc(CSc3nnc(NC(=O)C4CC4)s3)cc2=O)c1. The van der Waals surface area contributed by atoms with Crippen molar-refractivity contribution in [2.45, 2.75) is 22.9 Å². The fraction of sp³-hybridized carbons (Fsp3) is 0.286. The Morgan fingerprint density at radius 1 is 1.15 bits per heavy atom. The molecule has 1 fully saturated rings. The first-order valence-electron chi connectivity index (χ1n) is 9.79. The number of carbonyl (C=O) groups excluding carboxylic acids is 2. The summed E-state index contributed by atoms with van der Waals surface area (Å²) in [5, 5.41) is 11.1. The van der Waals surface area contributed by atoms with Crippen molar-refractivity contribution >= 4 is 40.1 Å². The number of anilines is 1. The second kappa shape index (κ2) is 10.0. The van der Waals surface area contributed by atoms with E-state index in [1.807, 2.05) is 0 Å². The average molecular weight is 490 g/mol. The van der Waals surface area contributed by atoms with E-state index in [0.29, 0.717) is 32.5 Å². The third kappa shape index (κ3) is 5.90. The van der Waals surface area contributed by atoms with E-state index in [4.69, 9.17) is 18.6 Å². The number of esters is 1. The van der Waals surface area contributed by atoms with E-state index in [0.717, 1.165) is 19.1 Å². The summed E-state index contributed by atoms with van der Waals surface area (Å²) in [6, 6.07) is 5.81. The van der Waals surface area contributed by atoms with Gasteiger partial charge in [0.05, 0.1) is 25.5 Å². The van der Waals surface area contributed by atoms with Crippen LogP contribution in [0.2, 0.25) is 0 Å². The largest absolute Gasteiger partial charge is 0.497 e. The van der Waals surface area contributed by atoms with Crippen LogP contribution in [0.5, 0.6) is 17.2 Å². The Labute approximate surface area is 196 Å². The Morgan fingerprint density at radius 2 is 1.88 bits per heavy atom. The number of nitrogens with one attached hydrogen (secondary N) is 1. The zero-order valence-corrected chi connectivity index (χ0v) is 19.3. The van der Waals surface area contributed by atoms with E-state index in [1.54, 1.807) is 6.07 Å². The van der Waals surface area contributed by atoms with Gasteiger partial charge in [-0.25, -0.2) is 4.79 Å². The quantitative estimate of drug-likeness (QED) is 0.271. The molecular formula is C21H19N3O7S2. The molecule has 0 bridgehead atoms. The normalized spacial score (nSPS) is 12.8. The molecule has 1 amide bonds. The van der Waals surface area contributed by atoms with Crippen LogP contribution in [0.4, 0.5) is 5.13 Å². The minimum Gasteiger partial charge on any atom is -0.497 e. The molecule has 0 radical (unpaired) electrons. The molecule has 10 nitrogen and oxygen atoms in total. The van der Waals surface area contributed by atoms with Crippen LogP contribution in [0.3, 0.4) is 0 Å². The first kappa shape index (κ1) is 22.8. The van der Waals surface area contributed by atoms with Gasteiger partial charge in [0.1, 0.15) is 23.5 Å². The van der Waals surface area contributed by atoms with E-state index in [2.05, 4.69) is 15.5 Å². The van der Waals surface area contributed by atoms with Crippen LogP contribution in [0.1, 0.15) is 29.0 Å². The number of benzene rings is 1. The standard InChI is InChI=1S/C21H19N3O7S2/c1-28-13-5-12(6-14(7-13)29-2)19(27)31-17-9-30-15(8-16(17)25)10-32-21-24-23-20(33-21)22-18(26)11-3-4-11/h5-9,11H,3-4,10H2,1-2H3,(H,22,23,26). The minimum absolute atomic E-state index is 0.0359. The number of hydrogen-bond acceptors (Lipinski definition) is 11. The fourth-order valence-corrected chi connectivity index (χ4v) is 4.32. The van der Waals surface area contributed by atoms with Crippen LogP contribution < -0.4 is 25.0 Å². The summed E-state index contributed by atoms with van der Waals surface area (Å²) in [5.41, 5.74) is -0.346. The minimum atomic E-state index is -0.753. The van der Waals surface area contributed by atoms with Crippen molar-refractivity contribution in [3.8, 4) is 17.2 Å². The maximum absolute atomic E-state index is 12.5. The van der Waals surface area contributed by atoms with Crippen molar-refractivity contribution in [1.29, 1.82) is 0 Å². The Bertz CT molecular complexity index is 1210. The lowest BCUT2D eigenvalue weighted by Gasteiger charge is -2.08. The molecule has 172 valence electrons. The van der Waals surface area contributed by atoms with Gasteiger partial charge in [-0.2, -0.15) is 0 Å². The Balaban J connectivity index is 1.36. The van der Waals surface area contributed by atoms with E-state index in [9.17, 15) is 14.4 Å². The van der Waals surface area contributed by atoms with Crippen LogP contribution in [0.15, 0.2) is 44.1 Å². The van der Waals surface area contributed by atoms with Crippen molar-refractivity contribution in [2.75, 3.05) is 19.5 Å². The van der Waals surface area contributed by atoms with Gasteiger partial charge in [-0.05, 0) is 25.0 Å². The molecule has 2 heterocycles. The van der Waals surface area contributed by atoms with E-state index in [1.165, 1.54) is 55.5 Å². The monoisotopic (exact) mass is 489 g/mol. The molecule has 0 aliphatic heterocycles. The van der Waals surface area contributed by atoms with Crippen molar-refractivity contribution in [3.63, 3.8) is 0 Å². The topological polar surface area (TPSA) is 130 Å². The van der Waals surface area contributed by atoms with Crippen LogP contribution in [0, 0.1) is 5.92 Å². The number of hydrogen-bond donors (Lipinski definition) is 1. The molecule has 1 aromatic carbocycles. The van der Waals surface area contributed by atoms with Gasteiger partial charge in [0.2, 0.25) is 22.2 Å². The van der Waals surface area contributed by atoms with Crippen LogP contribution in [-0.4, -0.2) is 36.3 Å². The smallest absolute Gasteiger partial charge is 0.344 e. The predicted octanol–water partition coefficient (Wildman–Crippen LogP) is 3.37. The molecule has 3 aromatic rings. The number of methoxy groups -OCH3 is 2. The molecule has 2 aromatic heterocycles. The zero-order valence-electron chi connectivity index (χ0n) is 17.7. The Hall–Kier alpha value is -3.38. The molecule has 0 atom stereocenters. The number of aromatic nitrogens is 2. The number of carbonyl (C=O) groups is 2. The molecule has 1 saturated carbocycles. The highest BCUT2D eigenvalue weighted by molar-refractivity contribution is 8.00. The van der Waals surface area contributed by atoms with Crippen LogP contribution in [0.25, 0.3) is 0 Å². The van der Waals surface area contributed by atoms with E-state index < -0.39 is 11.4 Å². The second-order valence-corrected chi connectivity index (χ2v) is 9.19. The number of thioether (sulfide) groups is 1. The Morgan fingerprint density at radius 3 is 2.52 bits per heavy atom. The van der Waals surface area contributed by atoms with Crippen molar-refractivity contribution < 1.29 is 28.2 Å². The summed E-state index contributed by atoms with van der Waals surface area (Å²) in [6.07, 6.45) is 2.91. The van der Waals surface area contributed by atoms with E-state index in [-0.39, 0.29) is 23.1 Å².